The standard InChI is InChI=1S/C16H16BrF3N4O3S/c1-15(2,3)27-14(26)24-6-8(7-4-5-7)11(23-24)22-12(25)9-10(17)21-13(28-9)16(18,19)20/h6-7H,4-5H2,1-3H3,(H,22,23,25). The second-order valence-corrected chi connectivity index (χ2v) is 8.97. The molecule has 0 bridgehead atoms. The SMILES string of the molecule is CC(C)(C)OC(=O)n1cc(C2CC2)c(NC(=O)c2sc(C(F)(F)F)nc2Br)n1. The largest absolute Gasteiger partial charge is 0.443 e. The number of ether oxygens (including phenoxy) is 1. The highest BCUT2D eigenvalue weighted by molar-refractivity contribution is 9.10. The van der Waals surface area contributed by atoms with Gasteiger partial charge in [0, 0.05) is 11.8 Å². The molecule has 0 radical (unpaired) electrons. The van der Waals surface area contributed by atoms with Gasteiger partial charge in [0.25, 0.3) is 5.91 Å². The molecule has 1 fully saturated rings. The van der Waals surface area contributed by atoms with Crippen molar-refractivity contribution >= 4 is 45.1 Å². The molecule has 2 heterocycles. The quantitative estimate of drug-likeness (QED) is 0.665. The first-order chi connectivity index (χ1) is 12.8. The van der Waals surface area contributed by atoms with Crippen molar-refractivity contribution in [1.29, 1.82) is 0 Å². The Morgan fingerprint density at radius 2 is 1.96 bits per heavy atom. The van der Waals surface area contributed by atoms with Crippen LogP contribution in [-0.2, 0) is 10.9 Å². The number of halogens is 4. The maximum Gasteiger partial charge on any atom is 0.443 e. The zero-order chi connectivity index (χ0) is 20.9. The van der Waals surface area contributed by atoms with Gasteiger partial charge in [-0.1, -0.05) is 0 Å². The first-order valence-corrected chi connectivity index (χ1v) is 9.84. The minimum atomic E-state index is -4.65. The zero-order valence-electron chi connectivity index (χ0n) is 15.1. The number of nitrogens with one attached hydrogen (secondary N) is 1. The fraction of sp³-hybridized carbons (Fsp3) is 0.500. The van der Waals surface area contributed by atoms with Crippen molar-refractivity contribution in [1.82, 2.24) is 14.8 Å². The summed E-state index contributed by atoms with van der Waals surface area (Å²) >= 11 is 3.11. The van der Waals surface area contributed by atoms with Crippen LogP contribution in [0.15, 0.2) is 10.8 Å². The molecule has 0 saturated heterocycles. The van der Waals surface area contributed by atoms with Crippen molar-refractivity contribution in [2.45, 2.75) is 51.3 Å². The van der Waals surface area contributed by atoms with Crippen LogP contribution in [0.1, 0.15) is 59.8 Å². The van der Waals surface area contributed by atoms with Gasteiger partial charge in [-0.3, -0.25) is 4.79 Å². The molecule has 2 aromatic rings. The molecule has 1 amide bonds. The summed E-state index contributed by atoms with van der Waals surface area (Å²) in [5, 5.41) is 5.42. The number of carbonyl (C=O) groups excluding carboxylic acids is 2. The van der Waals surface area contributed by atoms with Crippen molar-refractivity contribution in [2.75, 3.05) is 5.32 Å². The summed E-state index contributed by atoms with van der Waals surface area (Å²) in [6.45, 7) is 5.12. The fourth-order valence-corrected chi connectivity index (χ4v) is 3.74. The molecule has 3 rings (SSSR count). The highest BCUT2D eigenvalue weighted by atomic mass is 79.9. The third kappa shape index (κ3) is 4.72. The van der Waals surface area contributed by atoms with Gasteiger partial charge in [0.15, 0.2) is 10.8 Å². The number of hydrogen-bond acceptors (Lipinski definition) is 6. The second-order valence-electron chi connectivity index (χ2n) is 7.22. The van der Waals surface area contributed by atoms with Crippen LogP contribution >= 0.6 is 27.3 Å². The molecule has 152 valence electrons. The van der Waals surface area contributed by atoms with E-state index in [0.29, 0.717) is 5.56 Å². The summed E-state index contributed by atoms with van der Waals surface area (Å²) in [6, 6.07) is 0. The third-order valence-corrected chi connectivity index (χ3v) is 5.54. The molecule has 0 unspecified atom stereocenters. The van der Waals surface area contributed by atoms with Crippen LogP contribution < -0.4 is 5.32 Å². The van der Waals surface area contributed by atoms with E-state index in [4.69, 9.17) is 4.74 Å². The van der Waals surface area contributed by atoms with E-state index in [9.17, 15) is 22.8 Å². The van der Waals surface area contributed by atoms with E-state index in [2.05, 4.69) is 31.3 Å². The van der Waals surface area contributed by atoms with E-state index < -0.39 is 28.8 Å². The maximum absolute atomic E-state index is 12.8. The molecule has 0 aliphatic heterocycles. The van der Waals surface area contributed by atoms with Crippen molar-refractivity contribution in [3.8, 4) is 0 Å². The lowest BCUT2D eigenvalue weighted by atomic mass is 10.2. The summed E-state index contributed by atoms with van der Waals surface area (Å²) < 4.78 is 44.4. The monoisotopic (exact) mass is 480 g/mol. The topological polar surface area (TPSA) is 86.1 Å². The van der Waals surface area contributed by atoms with Crippen LogP contribution in [0.3, 0.4) is 0 Å². The molecule has 12 heteroatoms. The Morgan fingerprint density at radius 1 is 1.32 bits per heavy atom. The summed E-state index contributed by atoms with van der Waals surface area (Å²) in [5.74, 6) is -0.550. The Balaban J connectivity index is 1.85. The number of anilines is 1. The van der Waals surface area contributed by atoms with Crippen molar-refractivity contribution in [2.24, 2.45) is 0 Å². The van der Waals surface area contributed by atoms with E-state index in [1.807, 2.05) is 0 Å². The van der Waals surface area contributed by atoms with Gasteiger partial charge in [-0.05, 0) is 55.5 Å². The maximum atomic E-state index is 12.8. The minimum Gasteiger partial charge on any atom is -0.442 e. The summed E-state index contributed by atoms with van der Waals surface area (Å²) in [5.41, 5.74) is -0.0934. The summed E-state index contributed by atoms with van der Waals surface area (Å²) in [7, 11) is 0. The average Bonchev–Trinajstić information content (AvgIpc) is 3.16. The van der Waals surface area contributed by atoms with Gasteiger partial charge in [-0.2, -0.15) is 17.9 Å². The lowest BCUT2D eigenvalue weighted by molar-refractivity contribution is -0.137. The lowest BCUT2D eigenvalue weighted by Gasteiger charge is -2.18. The first-order valence-electron chi connectivity index (χ1n) is 8.23. The van der Waals surface area contributed by atoms with E-state index in [0.717, 1.165) is 17.5 Å². The number of hydrogen-bond donors (Lipinski definition) is 1. The highest BCUT2D eigenvalue weighted by Gasteiger charge is 2.37. The van der Waals surface area contributed by atoms with Crippen LogP contribution in [0.4, 0.5) is 23.8 Å². The normalized spacial score (nSPS) is 14.8. The van der Waals surface area contributed by atoms with Gasteiger partial charge in [0.2, 0.25) is 0 Å². The minimum absolute atomic E-state index is 0.118. The number of amides is 1. The summed E-state index contributed by atoms with van der Waals surface area (Å²) in [6.07, 6.45) is -2.15. The number of nitrogens with zero attached hydrogens (tertiary/aromatic N) is 3. The molecule has 0 atom stereocenters. The molecule has 7 nitrogen and oxygen atoms in total. The van der Waals surface area contributed by atoms with E-state index in [-0.39, 0.29) is 32.6 Å². The molecule has 0 spiro atoms. The van der Waals surface area contributed by atoms with E-state index >= 15 is 0 Å². The number of aromatic nitrogens is 3. The van der Waals surface area contributed by atoms with Crippen molar-refractivity contribution < 1.29 is 27.5 Å². The fourth-order valence-electron chi connectivity index (χ4n) is 2.31. The molecule has 1 aliphatic rings. The van der Waals surface area contributed by atoms with Gasteiger partial charge in [-0.25, -0.2) is 9.78 Å². The van der Waals surface area contributed by atoms with Gasteiger partial charge in [0.1, 0.15) is 15.1 Å². The highest BCUT2D eigenvalue weighted by Crippen LogP contribution is 2.43. The second kappa shape index (κ2) is 7.14. The number of carbonyl (C=O) groups is 2. The van der Waals surface area contributed by atoms with Crippen molar-refractivity contribution in [3.63, 3.8) is 0 Å². The zero-order valence-corrected chi connectivity index (χ0v) is 17.5. The van der Waals surface area contributed by atoms with Gasteiger partial charge in [-0.15, -0.1) is 16.4 Å². The smallest absolute Gasteiger partial charge is 0.442 e. The van der Waals surface area contributed by atoms with Gasteiger partial charge >= 0.3 is 12.3 Å². The van der Waals surface area contributed by atoms with Crippen LogP contribution in [0, 0.1) is 0 Å². The molecular weight excluding hydrogens is 465 g/mol. The van der Waals surface area contributed by atoms with Crippen LogP contribution in [0.5, 0.6) is 0 Å². The Bertz CT molecular complexity index is 929. The summed E-state index contributed by atoms with van der Waals surface area (Å²) in [4.78, 5) is 27.8. The molecular formula is C16H16BrF3N4O3S. The average molecular weight is 481 g/mol. The van der Waals surface area contributed by atoms with Crippen LogP contribution in [-0.4, -0.2) is 32.4 Å². The van der Waals surface area contributed by atoms with Crippen LogP contribution in [0.2, 0.25) is 0 Å². The Morgan fingerprint density at radius 3 is 2.46 bits per heavy atom. The Labute approximate surface area is 170 Å². The lowest BCUT2D eigenvalue weighted by Crippen LogP contribution is -2.27. The van der Waals surface area contributed by atoms with E-state index in [1.54, 1.807) is 20.8 Å². The number of thiazole rings is 1. The van der Waals surface area contributed by atoms with E-state index in [1.165, 1.54) is 6.20 Å². The molecule has 1 aliphatic carbocycles. The molecule has 1 N–H and O–H groups in total. The third-order valence-electron chi connectivity index (χ3n) is 3.61. The molecule has 28 heavy (non-hydrogen) atoms. The number of alkyl halides is 3. The number of rotatable bonds is 3. The molecule has 2 aromatic heterocycles. The van der Waals surface area contributed by atoms with Crippen LogP contribution in [0.25, 0.3) is 0 Å². The predicted octanol–water partition coefficient (Wildman–Crippen LogP) is 5.03. The molecule has 1 saturated carbocycles. The van der Waals surface area contributed by atoms with Crippen molar-refractivity contribution in [3.05, 3.63) is 26.2 Å². The Hall–Kier alpha value is -1.95. The van der Waals surface area contributed by atoms with Gasteiger partial charge in [0.05, 0.1) is 0 Å². The van der Waals surface area contributed by atoms with Gasteiger partial charge < -0.3 is 10.1 Å². The predicted molar refractivity (Wildman–Crippen MR) is 98.6 cm³/mol. The first kappa shape index (κ1) is 20.8. The Kier molecular flexibility index (Phi) is 5.30. The molecule has 0 aromatic carbocycles.